The zero-order chi connectivity index (χ0) is 23.2. The topological polar surface area (TPSA) is 97.1 Å². The summed E-state index contributed by atoms with van der Waals surface area (Å²) in [6.07, 6.45) is -3.04. The minimum atomic E-state index is -4.91. The summed E-state index contributed by atoms with van der Waals surface area (Å²) in [7, 11) is 0. The summed E-state index contributed by atoms with van der Waals surface area (Å²) in [6.45, 7) is 0.468. The molecule has 0 saturated heterocycles. The van der Waals surface area contributed by atoms with Gasteiger partial charge in [0.1, 0.15) is 16.7 Å². The third-order valence-corrected chi connectivity index (χ3v) is 5.22. The number of halogens is 5. The van der Waals surface area contributed by atoms with E-state index in [0.29, 0.717) is 35.8 Å². The Morgan fingerprint density at radius 1 is 1.22 bits per heavy atom. The molecule has 1 aliphatic rings. The van der Waals surface area contributed by atoms with Crippen LogP contribution in [-0.2, 0) is 12.6 Å². The molecular formula is C20H13ClF4N4O3. The maximum atomic E-state index is 14.9. The molecule has 7 nitrogen and oxygen atoms in total. The van der Waals surface area contributed by atoms with E-state index in [1.165, 1.54) is 0 Å². The van der Waals surface area contributed by atoms with Gasteiger partial charge >= 0.3 is 12.1 Å². The predicted molar refractivity (Wildman–Crippen MR) is 105 cm³/mol. The van der Waals surface area contributed by atoms with E-state index in [-0.39, 0.29) is 22.5 Å². The number of aryl methyl sites for hydroxylation is 1. The van der Waals surface area contributed by atoms with Gasteiger partial charge in [0.2, 0.25) is 0 Å². The molecule has 3 heterocycles. The van der Waals surface area contributed by atoms with E-state index in [0.717, 1.165) is 24.4 Å². The van der Waals surface area contributed by atoms with Gasteiger partial charge in [-0.25, -0.2) is 14.2 Å². The van der Waals surface area contributed by atoms with Crippen LogP contribution < -0.4 is 5.32 Å². The number of carboxylic acid groups (broad SMARTS) is 1. The lowest BCUT2D eigenvalue weighted by Gasteiger charge is -2.16. The smallest absolute Gasteiger partial charge is 0.417 e. The fraction of sp³-hybridized carbons (Fsp3) is 0.200. The number of carbonyl (C=O) groups is 2. The number of anilines is 1. The van der Waals surface area contributed by atoms with Crippen molar-refractivity contribution >= 4 is 29.2 Å². The largest absolute Gasteiger partial charge is 0.478 e. The van der Waals surface area contributed by atoms with Crippen LogP contribution in [0, 0.1) is 5.82 Å². The van der Waals surface area contributed by atoms with E-state index in [9.17, 15) is 27.2 Å². The third kappa shape index (κ3) is 3.68. The van der Waals surface area contributed by atoms with Crippen molar-refractivity contribution in [1.29, 1.82) is 0 Å². The SMILES string of the molecule is O=C(O)c1ccc(-c2c3c(nn2C(=O)c2c(C(F)(F)F)ccnc2Cl)CCCN3)c(F)c1. The molecule has 1 aromatic carbocycles. The standard InChI is InChI=1S/C20H13ClF4N4O3/c21-17-14(11(5-7-27-17)20(23,24)25)18(30)29-16(15-13(28-29)2-1-6-26-15)10-4-3-9(19(31)32)8-12(10)22/h3-5,7-8,26H,1-2,6H2,(H,31,32). The molecule has 12 heteroatoms. The van der Waals surface area contributed by atoms with Crippen LogP contribution in [-0.4, -0.2) is 38.3 Å². The molecule has 0 unspecified atom stereocenters. The molecule has 0 aliphatic carbocycles. The van der Waals surface area contributed by atoms with Gasteiger partial charge in [-0.15, -0.1) is 0 Å². The Morgan fingerprint density at radius 3 is 2.62 bits per heavy atom. The number of aromatic nitrogens is 3. The first-order chi connectivity index (χ1) is 15.1. The first-order valence-corrected chi connectivity index (χ1v) is 9.62. The Kier molecular flexibility index (Phi) is 5.37. The van der Waals surface area contributed by atoms with E-state index in [2.05, 4.69) is 15.4 Å². The van der Waals surface area contributed by atoms with Crippen LogP contribution in [0.3, 0.4) is 0 Å². The number of benzene rings is 1. The average molecular weight is 469 g/mol. The number of hydrogen-bond donors (Lipinski definition) is 2. The summed E-state index contributed by atoms with van der Waals surface area (Å²) in [5, 5.41) is 15.5. The normalized spacial score (nSPS) is 13.4. The molecular weight excluding hydrogens is 456 g/mol. The Hall–Kier alpha value is -3.47. The summed E-state index contributed by atoms with van der Waals surface area (Å²) in [5.41, 5.74) is -2.27. The van der Waals surface area contributed by atoms with Crippen LogP contribution in [0.5, 0.6) is 0 Å². The lowest BCUT2D eigenvalue weighted by Crippen LogP contribution is -2.22. The summed E-state index contributed by atoms with van der Waals surface area (Å²) in [4.78, 5) is 28.0. The van der Waals surface area contributed by atoms with Crippen molar-refractivity contribution in [2.24, 2.45) is 0 Å². The molecule has 32 heavy (non-hydrogen) atoms. The molecule has 166 valence electrons. The van der Waals surface area contributed by atoms with E-state index in [1.807, 2.05) is 0 Å². The van der Waals surface area contributed by atoms with Gasteiger partial charge in [-0.2, -0.15) is 23.0 Å². The summed E-state index contributed by atoms with van der Waals surface area (Å²) in [6, 6.07) is 3.62. The number of nitrogens with one attached hydrogen (secondary N) is 1. The zero-order valence-electron chi connectivity index (χ0n) is 16.0. The van der Waals surface area contributed by atoms with Crippen LogP contribution >= 0.6 is 11.6 Å². The Bertz CT molecular complexity index is 1260. The summed E-state index contributed by atoms with van der Waals surface area (Å²) in [5.74, 6) is -3.59. The van der Waals surface area contributed by atoms with Gasteiger partial charge in [0, 0.05) is 18.3 Å². The molecule has 0 fully saturated rings. The zero-order valence-corrected chi connectivity index (χ0v) is 16.8. The van der Waals surface area contributed by atoms with Crippen molar-refractivity contribution in [2.45, 2.75) is 19.0 Å². The molecule has 0 radical (unpaired) electrons. The monoisotopic (exact) mass is 468 g/mol. The van der Waals surface area contributed by atoms with Crippen LogP contribution in [0.2, 0.25) is 5.15 Å². The highest BCUT2D eigenvalue weighted by Gasteiger charge is 2.39. The van der Waals surface area contributed by atoms with Crippen molar-refractivity contribution in [2.75, 3.05) is 11.9 Å². The van der Waals surface area contributed by atoms with Gasteiger partial charge < -0.3 is 10.4 Å². The summed E-state index contributed by atoms with van der Waals surface area (Å²) < 4.78 is 56.2. The van der Waals surface area contributed by atoms with Crippen molar-refractivity contribution in [1.82, 2.24) is 14.8 Å². The number of carboxylic acids is 1. The van der Waals surface area contributed by atoms with E-state index in [4.69, 9.17) is 16.7 Å². The Morgan fingerprint density at radius 2 is 1.97 bits per heavy atom. The minimum Gasteiger partial charge on any atom is -0.478 e. The quantitative estimate of drug-likeness (QED) is 0.434. The number of pyridine rings is 1. The lowest BCUT2D eigenvalue weighted by molar-refractivity contribution is -0.138. The highest BCUT2D eigenvalue weighted by atomic mass is 35.5. The summed E-state index contributed by atoms with van der Waals surface area (Å²) >= 11 is 5.86. The molecule has 0 spiro atoms. The van der Waals surface area contributed by atoms with Gasteiger partial charge in [-0.1, -0.05) is 11.6 Å². The van der Waals surface area contributed by atoms with E-state index >= 15 is 0 Å². The van der Waals surface area contributed by atoms with Crippen LogP contribution in [0.1, 0.15) is 38.4 Å². The number of nitrogens with zero attached hydrogens (tertiary/aromatic N) is 3. The van der Waals surface area contributed by atoms with Gasteiger partial charge in [-0.3, -0.25) is 4.79 Å². The van der Waals surface area contributed by atoms with Crippen molar-refractivity contribution in [3.05, 3.63) is 63.8 Å². The maximum Gasteiger partial charge on any atom is 0.417 e. The number of alkyl halides is 3. The van der Waals surface area contributed by atoms with E-state index in [1.54, 1.807) is 0 Å². The van der Waals surface area contributed by atoms with Crippen LogP contribution in [0.25, 0.3) is 11.3 Å². The fourth-order valence-corrected chi connectivity index (χ4v) is 3.75. The maximum absolute atomic E-state index is 14.9. The molecule has 0 saturated carbocycles. The predicted octanol–water partition coefficient (Wildman–Crippen LogP) is 4.50. The molecule has 2 aromatic heterocycles. The Labute approximate surface area is 182 Å². The van der Waals surface area contributed by atoms with Gasteiger partial charge in [0.25, 0.3) is 5.91 Å². The van der Waals surface area contributed by atoms with Gasteiger partial charge in [-0.05, 0) is 37.1 Å². The van der Waals surface area contributed by atoms with Gasteiger partial charge in [0.05, 0.1) is 28.1 Å². The fourth-order valence-electron chi connectivity index (χ4n) is 3.51. The second kappa shape index (κ2) is 7.90. The molecule has 1 aliphatic heterocycles. The second-order valence-corrected chi connectivity index (χ2v) is 7.30. The van der Waals surface area contributed by atoms with Crippen LogP contribution in [0.15, 0.2) is 30.5 Å². The second-order valence-electron chi connectivity index (χ2n) is 6.94. The minimum absolute atomic E-state index is 0.132. The van der Waals surface area contributed by atoms with Gasteiger partial charge in [0.15, 0.2) is 0 Å². The third-order valence-electron chi connectivity index (χ3n) is 4.94. The van der Waals surface area contributed by atoms with E-state index < -0.39 is 40.2 Å². The molecule has 4 rings (SSSR count). The number of fused-ring (bicyclic) bond motifs is 1. The molecule has 0 amide bonds. The van der Waals surface area contributed by atoms with Crippen molar-refractivity contribution < 1.29 is 32.3 Å². The molecule has 0 atom stereocenters. The number of carbonyl (C=O) groups excluding carboxylic acids is 1. The number of rotatable bonds is 3. The van der Waals surface area contributed by atoms with Crippen molar-refractivity contribution in [3.63, 3.8) is 0 Å². The number of aromatic carboxylic acids is 1. The van der Waals surface area contributed by atoms with Crippen molar-refractivity contribution in [3.8, 4) is 11.3 Å². The molecule has 3 aromatic rings. The molecule has 2 N–H and O–H groups in total. The number of hydrogen-bond acceptors (Lipinski definition) is 5. The van der Waals surface area contributed by atoms with Crippen LogP contribution in [0.4, 0.5) is 23.2 Å². The lowest BCUT2D eigenvalue weighted by atomic mass is 10.0. The highest BCUT2D eigenvalue weighted by molar-refractivity contribution is 6.33. The molecule has 0 bridgehead atoms. The first kappa shape index (κ1) is 21.8. The Balaban J connectivity index is 1.96. The highest BCUT2D eigenvalue weighted by Crippen LogP contribution is 2.39. The average Bonchev–Trinajstić information content (AvgIpc) is 3.11. The first-order valence-electron chi connectivity index (χ1n) is 9.25.